The third-order valence-corrected chi connectivity index (χ3v) is 5.15. The molecule has 0 spiro atoms. The number of benzene rings is 1. The van der Waals surface area contributed by atoms with Crippen LogP contribution in [0.5, 0.6) is 0 Å². The number of hydrogen-bond donors (Lipinski definition) is 0. The smallest absolute Gasteiger partial charge is 0.302 e. The molecule has 0 saturated carbocycles. The van der Waals surface area contributed by atoms with E-state index in [0.29, 0.717) is 6.42 Å². The molecule has 4 atom stereocenters. The molecule has 0 N–H and O–H groups in total. The van der Waals surface area contributed by atoms with Crippen LogP contribution in [0.1, 0.15) is 19.8 Å². The minimum absolute atomic E-state index is 0.00984. The Balaban J connectivity index is 2.09. The molecule has 0 amide bonds. The predicted octanol–water partition coefficient (Wildman–Crippen LogP) is 2.45. The Bertz CT molecular complexity index is 538. The van der Waals surface area contributed by atoms with Crippen molar-refractivity contribution >= 4 is 24.0 Å². The van der Waals surface area contributed by atoms with Crippen LogP contribution in [0.4, 0.5) is 0 Å². The van der Waals surface area contributed by atoms with E-state index in [-0.39, 0.29) is 37.1 Å². The largest absolute Gasteiger partial charge is 0.460 e. The summed E-state index contributed by atoms with van der Waals surface area (Å²) in [6.07, 6.45) is 0.653. The first kappa shape index (κ1) is 19.9. The van der Waals surface area contributed by atoms with Gasteiger partial charge < -0.3 is 23.7 Å². The molecule has 0 radical (unpaired) electrons. The Morgan fingerprint density at radius 1 is 1.32 bits per heavy atom. The summed E-state index contributed by atoms with van der Waals surface area (Å²) < 4.78 is 21.8. The lowest BCUT2D eigenvalue weighted by Gasteiger charge is -2.40. The summed E-state index contributed by atoms with van der Waals surface area (Å²) in [5.41, 5.74) is 0. The molecule has 0 aliphatic carbocycles. The first-order chi connectivity index (χ1) is 12.1. The fraction of sp³-hybridized carbons (Fsp3) is 0.556. The highest BCUT2D eigenvalue weighted by atomic mass is 32.2. The average molecular weight is 368 g/mol. The molecule has 1 aromatic rings. The van der Waals surface area contributed by atoms with E-state index in [4.69, 9.17) is 18.9 Å². The highest BCUT2D eigenvalue weighted by Crippen LogP contribution is 2.36. The molecule has 1 aromatic carbocycles. The van der Waals surface area contributed by atoms with Crippen molar-refractivity contribution in [2.75, 3.05) is 20.5 Å². The summed E-state index contributed by atoms with van der Waals surface area (Å²) in [6.45, 7) is 1.75. The Morgan fingerprint density at radius 2 is 2.08 bits per heavy atom. The van der Waals surface area contributed by atoms with Crippen LogP contribution in [0.25, 0.3) is 0 Å². The van der Waals surface area contributed by atoms with Crippen molar-refractivity contribution < 1.29 is 28.5 Å². The van der Waals surface area contributed by atoms with Crippen LogP contribution in [0.3, 0.4) is 0 Å². The van der Waals surface area contributed by atoms with E-state index >= 15 is 0 Å². The van der Waals surface area contributed by atoms with Gasteiger partial charge >= 0.3 is 5.97 Å². The molecule has 1 aliphatic heterocycles. The number of aldehydes is 1. The molecular weight excluding hydrogens is 344 g/mol. The number of carbonyl (C=O) groups excluding carboxylic acids is 2. The van der Waals surface area contributed by atoms with E-state index in [1.54, 1.807) is 11.8 Å². The Kier molecular flexibility index (Phi) is 8.40. The number of hydrogen-bond acceptors (Lipinski definition) is 7. The number of methoxy groups -OCH3 is 1. The second-order valence-corrected chi connectivity index (χ2v) is 7.06. The summed E-state index contributed by atoms with van der Waals surface area (Å²) in [4.78, 5) is 23.6. The Morgan fingerprint density at radius 3 is 2.72 bits per heavy atom. The summed E-state index contributed by atoms with van der Waals surface area (Å²) in [5, 5.41) is 0.00984. The topological polar surface area (TPSA) is 71.1 Å². The Labute approximate surface area is 152 Å². The monoisotopic (exact) mass is 368 g/mol. The summed E-state index contributed by atoms with van der Waals surface area (Å²) in [5.74, 6) is -0.359. The van der Waals surface area contributed by atoms with E-state index in [9.17, 15) is 9.59 Å². The number of ether oxygens (including phenoxy) is 4. The standard InChI is InChI=1S/C18H24O6S/c1-13(20)23-16-10-18(25-14-6-4-3-5-7-14)15(8-9-19)24-17(16)11-22-12-21-2/h3-7,9,15-18H,8,10-12H2,1-2H3/t15-,16-,17+,18+/m0/s1. The van der Waals surface area contributed by atoms with Crippen molar-refractivity contribution in [3.8, 4) is 0 Å². The molecular formula is C18H24O6S. The maximum absolute atomic E-state index is 11.5. The molecule has 1 aliphatic rings. The van der Waals surface area contributed by atoms with Gasteiger partial charge in [-0.2, -0.15) is 0 Å². The minimum atomic E-state index is -0.420. The van der Waals surface area contributed by atoms with Gasteiger partial charge in [-0.15, -0.1) is 11.8 Å². The van der Waals surface area contributed by atoms with Crippen molar-refractivity contribution in [2.24, 2.45) is 0 Å². The van der Waals surface area contributed by atoms with Crippen molar-refractivity contribution in [3.63, 3.8) is 0 Å². The lowest BCUT2D eigenvalue weighted by Crippen LogP contribution is -2.49. The molecule has 138 valence electrons. The highest BCUT2D eigenvalue weighted by Gasteiger charge is 2.40. The fourth-order valence-electron chi connectivity index (χ4n) is 2.76. The quantitative estimate of drug-likeness (QED) is 0.287. The minimum Gasteiger partial charge on any atom is -0.460 e. The summed E-state index contributed by atoms with van der Waals surface area (Å²) in [6, 6.07) is 9.90. The molecule has 6 nitrogen and oxygen atoms in total. The first-order valence-corrected chi connectivity index (χ1v) is 9.06. The van der Waals surface area contributed by atoms with Crippen LogP contribution in [0.15, 0.2) is 35.2 Å². The van der Waals surface area contributed by atoms with Gasteiger partial charge in [-0.05, 0) is 12.1 Å². The van der Waals surface area contributed by atoms with Crippen molar-refractivity contribution in [1.82, 2.24) is 0 Å². The van der Waals surface area contributed by atoms with Gasteiger partial charge in [0.25, 0.3) is 0 Å². The lowest BCUT2D eigenvalue weighted by molar-refractivity contribution is -0.183. The number of thioether (sulfide) groups is 1. The molecule has 7 heteroatoms. The first-order valence-electron chi connectivity index (χ1n) is 8.18. The van der Waals surface area contributed by atoms with Crippen molar-refractivity contribution in [2.45, 2.75) is 48.2 Å². The van der Waals surface area contributed by atoms with Gasteiger partial charge in [-0.25, -0.2) is 0 Å². The van der Waals surface area contributed by atoms with Crippen LogP contribution >= 0.6 is 11.8 Å². The van der Waals surface area contributed by atoms with Gasteiger partial charge in [0.15, 0.2) is 0 Å². The molecule has 0 aromatic heterocycles. The molecule has 1 fully saturated rings. The van der Waals surface area contributed by atoms with E-state index in [1.165, 1.54) is 14.0 Å². The van der Waals surface area contributed by atoms with E-state index in [0.717, 1.165) is 11.2 Å². The molecule has 1 saturated heterocycles. The molecule has 0 unspecified atom stereocenters. The van der Waals surface area contributed by atoms with Crippen molar-refractivity contribution in [1.29, 1.82) is 0 Å². The lowest BCUT2D eigenvalue weighted by atomic mass is 9.99. The summed E-state index contributed by atoms with van der Waals surface area (Å²) in [7, 11) is 1.53. The number of rotatable bonds is 9. The zero-order chi connectivity index (χ0) is 18.1. The predicted molar refractivity (Wildman–Crippen MR) is 93.4 cm³/mol. The fourth-order valence-corrected chi connectivity index (χ4v) is 4.04. The summed E-state index contributed by atoms with van der Waals surface area (Å²) >= 11 is 1.63. The van der Waals surface area contributed by atoms with Crippen LogP contribution < -0.4 is 0 Å². The van der Waals surface area contributed by atoms with E-state index in [1.807, 2.05) is 30.3 Å². The molecule has 1 heterocycles. The van der Waals surface area contributed by atoms with Crippen LogP contribution in [-0.2, 0) is 28.5 Å². The van der Waals surface area contributed by atoms with Crippen molar-refractivity contribution in [3.05, 3.63) is 30.3 Å². The van der Waals surface area contributed by atoms with Gasteiger partial charge in [0.2, 0.25) is 0 Å². The Hall–Kier alpha value is -1.41. The maximum Gasteiger partial charge on any atom is 0.302 e. The van der Waals surface area contributed by atoms with Gasteiger partial charge in [0, 0.05) is 37.0 Å². The second-order valence-electron chi connectivity index (χ2n) is 5.75. The average Bonchev–Trinajstić information content (AvgIpc) is 2.59. The maximum atomic E-state index is 11.5. The zero-order valence-corrected chi connectivity index (χ0v) is 15.3. The van der Waals surface area contributed by atoms with Crippen LogP contribution in [-0.4, -0.2) is 56.3 Å². The normalized spacial score (nSPS) is 26.2. The van der Waals surface area contributed by atoms with Crippen LogP contribution in [0.2, 0.25) is 0 Å². The zero-order valence-electron chi connectivity index (χ0n) is 14.5. The van der Waals surface area contributed by atoms with Gasteiger partial charge in [0.1, 0.15) is 25.3 Å². The van der Waals surface area contributed by atoms with Gasteiger partial charge in [0.05, 0.1) is 12.7 Å². The molecule has 2 rings (SSSR count). The second kappa shape index (κ2) is 10.6. The number of esters is 1. The van der Waals surface area contributed by atoms with E-state index in [2.05, 4.69) is 0 Å². The highest BCUT2D eigenvalue weighted by molar-refractivity contribution is 8.00. The third-order valence-electron chi connectivity index (χ3n) is 3.80. The third kappa shape index (κ3) is 6.43. The van der Waals surface area contributed by atoms with Gasteiger partial charge in [-0.1, -0.05) is 18.2 Å². The number of carbonyl (C=O) groups is 2. The molecule has 25 heavy (non-hydrogen) atoms. The molecule has 0 bridgehead atoms. The van der Waals surface area contributed by atoms with Gasteiger partial charge in [-0.3, -0.25) is 4.79 Å². The van der Waals surface area contributed by atoms with Crippen LogP contribution in [0, 0.1) is 0 Å². The SMILES string of the molecule is COCOC[C@H]1O[C@@H](CC=O)[C@H](Sc2ccccc2)C[C@@H]1OC(C)=O. The van der Waals surface area contributed by atoms with E-state index < -0.39 is 12.2 Å².